The molecule has 3 rings (SSSR count). The lowest BCUT2D eigenvalue weighted by Gasteiger charge is -2.47. The van der Waals surface area contributed by atoms with Gasteiger partial charge in [-0.15, -0.1) is 13.2 Å². The van der Waals surface area contributed by atoms with Gasteiger partial charge in [-0.3, -0.25) is 0 Å². The third-order valence-electron chi connectivity index (χ3n) is 7.34. The third kappa shape index (κ3) is 4.65. The molecule has 28 heavy (non-hydrogen) atoms. The molecular formula is C22H33F3N2O. The molecule has 158 valence electrons. The van der Waals surface area contributed by atoms with Crippen LogP contribution in [0.3, 0.4) is 0 Å². The maximum atomic E-state index is 12.7. The lowest BCUT2D eigenvalue weighted by molar-refractivity contribution is -0.274. The van der Waals surface area contributed by atoms with E-state index in [2.05, 4.69) is 42.4 Å². The zero-order valence-electron chi connectivity index (χ0n) is 17.5. The summed E-state index contributed by atoms with van der Waals surface area (Å²) in [6.45, 7) is 11.9. The van der Waals surface area contributed by atoms with Gasteiger partial charge >= 0.3 is 6.36 Å². The molecule has 2 fully saturated rings. The molecule has 1 heterocycles. The molecule has 0 radical (unpaired) electrons. The highest BCUT2D eigenvalue weighted by Crippen LogP contribution is 2.59. The Morgan fingerprint density at radius 1 is 1.07 bits per heavy atom. The van der Waals surface area contributed by atoms with E-state index in [-0.39, 0.29) is 22.5 Å². The van der Waals surface area contributed by atoms with Gasteiger partial charge in [-0.05, 0) is 48.4 Å². The van der Waals surface area contributed by atoms with Crippen LogP contribution in [0.4, 0.5) is 13.2 Å². The third-order valence-corrected chi connectivity index (χ3v) is 7.34. The van der Waals surface area contributed by atoms with E-state index in [1.807, 2.05) is 6.07 Å². The minimum Gasteiger partial charge on any atom is -0.406 e. The quantitative estimate of drug-likeness (QED) is 0.684. The van der Waals surface area contributed by atoms with Crippen molar-refractivity contribution in [1.82, 2.24) is 9.80 Å². The van der Waals surface area contributed by atoms with Crippen LogP contribution in [-0.4, -0.2) is 55.9 Å². The van der Waals surface area contributed by atoms with Gasteiger partial charge < -0.3 is 14.5 Å². The number of benzene rings is 1. The predicted molar refractivity (Wildman–Crippen MR) is 106 cm³/mol. The van der Waals surface area contributed by atoms with Crippen molar-refractivity contribution in [3.8, 4) is 5.75 Å². The van der Waals surface area contributed by atoms with Crippen molar-refractivity contribution in [3.05, 3.63) is 29.8 Å². The van der Waals surface area contributed by atoms with Gasteiger partial charge in [0.25, 0.3) is 0 Å². The molecule has 6 heteroatoms. The normalized spacial score (nSPS) is 27.7. The van der Waals surface area contributed by atoms with Crippen molar-refractivity contribution >= 4 is 0 Å². The van der Waals surface area contributed by atoms with Crippen LogP contribution >= 0.6 is 0 Å². The zero-order valence-corrected chi connectivity index (χ0v) is 17.5. The largest absolute Gasteiger partial charge is 0.573 e. The number of piperazine rings is 1. The molecule has 0 spiro atoms. The molecule has 1 aliphatic carbocycles. The van der Waals surface area contributed by atoms with Gasteiger partial charge in [0.2, 0.25) is 0 Å². The van der Waals surface area contributed by atoms with Crippen LogP contribution < -0.4 is 4.74 Å². The van der Waals surface area contributed by atoms with Crippen LogP contribution in [0.15, 0.2) is 24.3 Å². The molecule has 3 nitrogen and oxygen atoms in total. The average molecular weight is 399 g/mol. The molecule has 2 aliphatic rings. The second-order valence-electron chi connectivity index (χ2n) is 9.43. The molecule has 2 unspecified atom stereocenters. The van der Waals surface area contributed by atoms with Gasteiger partial charge in [0, 0.05) is 38.6 Å². The molecule has 1 aromatic rings. The molecule has 2 atom stereocenters. The first kappa shape index (κ1) is 21.4. The van der Waals surface area contributed by atoms with Crippen LogP contribution in [0.25, 0.3) is 0 Å². The Hall–Kier alpha value is -1.27. The van der Waals surface area contributed by atoms with Gasteiger partial charge in [-0.2, -0.15) is 0 Å². The molecular weight excluding hydrogens is 365 g/mol. The minimum atomic E-state index is -4.66. The summed E-state index contributed by atoms with van der Waals surface area (Å²) in [5, 5.41) is 0. The lowest BCUT2D eigenvalue weighted by Crippen LogP contribution is -2.48. The Balaban J connectivity index is 1.91. The highest BCUT2D eigenvalue weighted by Gasteiger charge is 2.50. The number of ether oxygens (including phenoxy) is 1. The van der Waals surface area contributed by atoms with E-state index in [4.69, 9.17) is 0 Å². The predicted octanol–water partition coefficient (Wildman–Crippen LogP) is 5.13. The fraction of sp³-hybridized carbons (Fsp3) is 0.727. The van der Waals surface area contributed by atoms with Crippen molar-refractivity contribution < 1.29 is 17.9 Å². The Bertz CT molecular complexity index is 668. The van der Waals surface area contributed by atoms with Gasteiger partial charge in [-0.25, -0.2) is 0 Å². The number of likely N-dealkylation sites (N-methyl/N-ethyl adjacent to an activating group) is 1. The van der Waals surface area contributed by atoms with Crippen molar-refractivity contribution in [2.24, 2.45) is 10.8 Å². The number of hydrogen-bond donors (Lipinski definition) is 0. The number of halogens is 3. The van der Waals surface area contributed by atoms with Crippen molar-refractivity contribution in [3.63, 3.8) is 0 Å². The summed E-state index contributed by atoms with van der Waals surface area (Å²) in [5.41, 5.74) is 1.14. The van der Waals surface area contributed by atoms with Crippen molar-refractivity contribution in [2.45, 2.75) is 52.3 Å². The number of hydrogen-bond acceptors (Lipinski definition) is 3. The number of nitrogens with zero attached hydrogens (tertiary/aromatic N) is 2. The summed E-state index contributed by atoms with van der Waals surface area (Å²) >= 11 is 0. The molecule has 0 N–H and O–H groups in total. The van der Waals surface area contributed by atoms with E-state index < -0.39 is 6.36 Å². The summed E-state index contributed by atoms with van der Waals surface area (Å²) in [6, 6.07) is 6.67. The lowest BCUT2D eigenvalue weighted by atomic mass is 9.60. The molecule has 1 aliphatic heterocycles. The van der Waals surface area contributed by atoms with Crippen molar-refractivity contribution in [1.29, 1.82) is 0 Å². The maximum absolute atomic E-state index is 12.7. The summed E-state index contributed by atoms with van der Waals surface area (Å²) in [7, 11) is 2.13. The smallest absolute Gasteiger partial charge is 0.406 e. The Morgan fingerprint density at radius 3 is 2.32 bits per heavy atom. The van der Waals surface area contributed by atoms with E-state index >= 15 is 0 Å². The zero-order chi connectivity index (χ0) is 20.6. The average Bonchev–Trinajstić information content (AvgIpc) is 2.86. The van der Waals surface area contributed by atoms with Crippen LogP contribution in [0.1, 0.15) is 51.5 Å². The van der Waals surface area contributed by atoms with Crippen LogP contribution in [0.2, 0.25) is 0 Å². The minimum absolute atomic E-state index is 0.0349. The first-order chi connectivity index (χ1) is 13.0. The van der Waals surface area contributed by atoms with Gasteiger partial charge in [-0.1, -0.05) is 39.3 Å². The van der Waals surface area contributed by atoms with Gasteiger partial charge in [0.05, 0.1) is 0 Å². The first-order valence-corrected chi connectivity index (χ1v) is 10.3. The van der Waals surface area contributed by atoms with Crippen LogP contribution in [0, 0.1) is 10.8 Å². The molecule has 1 saturated carbocycles. The molecule has 0 bridgehead atoms. The fourth-order valence-corrected chi connectivity index (χ4v) is 5.06. The standard InChI is InChI=1S/C22H33F3N2O/c1-20(2)9-6-10-21(20,3)19(16-27-13-11-26(4)12-14-27)17-7-5-8-18(15-17)28-22(23,24)25/h5,7-8,15,19H,6,9-14,16H2,1-4H3. The summed E-state index contributed by atoms with van der Waals surface area (Å²) in [6.07, 6.45) is -1.24. The SMILES string of the molecule is CN1CCN(CC(c2cccc(OC(F)(F)F)c2)C2(C)CCCC2(C)C)CC1. The second-order valence-corrected chi connectivity index (χ2v) is 9.43. The van der Waals surface area contributed by atoms with E-state index in [1.54, 1.807) is 12.1 Å². The first-order valence-electron chi connectivity index (χ1n) is 10.3. The number of alkyl halides is 3. The van der Waals surface area contributed by atoms with E-state index in [0.29, 0.717) is 0 Å². The van der Waals surface area contributed by atoms with E-state index in [9.17, 15) is 13.2 Å². The molecule has 1 saturated heterocycles. The molecule has 1 aromatic carbocycles. The highest BCUT2D eigenvalue weighted by atomic mass is 19.4. The fourth-order valence-electron chi connectivity index (χ4n) is 5.06. The summed E-state index contributed by atoms with van der Waals surface area (Å²) in [5.74, 6) is 0.0537. The maximum Gasteiger partial charge on any atom is 0.573 e. The van der Waals surface area contributed by atoms with E-state index in [0.717, 1.165) is 51.1 Å². The number of rotatable bonds is 5. The Morgan fingerprint density at radius 2 is 1.75 bits per heavy atom. The van der Waals surface area contributed by atoms with Crippen LogP contribution in [-0.2, 0) is 0 Å². The second kappa shape index (κ2) is 7.86. The van der Waals surface area contributed by atoms with Crippen LogP contribution in [0.5, 0.6) is 5.75 Å². The van der Waals surface area contributed by atoms with Crippen molar-refractivity contribution in [2.75, 3.05) is 39.8 Å². The molecule has 0 amide bonds. The topological polar surface area (TPSA) is 15.7 Å². The van der Waals surface area contributed by atoms with E-state index in [1.165, 1.54) is 12.5 Å². The highest BCUT2D eigenvalue weighted by molar-refractivity contribution is 5.33. The van der Waals surface area contributed by atoms with Gasteiger partial charge in [0.1, 0.15) is 5.75 Å². The summed E-state index contributed by atoms with van der Waals surface area (Å²) < 4.78 is 42.5. The van der Waals surface area contributed by atoms with Gasteiger partial charge in [0.15, 0.2) is 0 Å². The monoisotopic (exact) mass is 398 g/mol. The Kier molecular flexibility index (Phi) is 6.02. The molecule has 0 aromatic heterocycles. The summed E-state index contributed by atoms with van der Waals surface area (Å²) in [4.78, 5) is 4.80. The Labute approximate surface area is 166 Å².